The molecule has 0 fully saturated rings. The molecule has 0 atom stereocenters. The molecule has 0 saturated heterocycles. The molecule has 8 heteroatoms. The fraction of sp³-hybridized carbons (Fsp3) is 0. The minimum Gasteiger partial charge on any atom is -0.494 e. The van der Waals surface area contributed by atoms with Crippen LogP contribution in [0, 0.1) is 4.77 Å². The predicted molar refractivity (Wildman–Crippen MR) is 108 cm³/mol. The number of para-hydroxylation sites is 1. The van der Waals surface area contributed by atoms with Gasteiger partial charge in [0.2, 0.25) is 5.88 Å². The number of H-pyrrole nitrogens is 1. The van der Waals surface area contributed by atoms with E-state index >= 15 is 0 Å². The Labute approximate surface area is 163 Å². The first-order valence-corrected chi connectivity index (χ1v) is 8.64. The lowest BCUT2D eigenvalue weighted by atomic mass is 10.1. The first-order chi connectivity index (χ1) is 13.5. The van der Waals surface area contributed by atoms with Gasteiger partial charge in [-0.15, -0.1) is 0 Å². The van der Waals surface area contributed by atoms with E-state index < -0.39 is 11.5 Å². The Morgan fingerprint density at radius 3 is 2.57 bits per heavy atom. The minimum atomic E-state index is -1.06. The Hall–Kier alpha value is -3.78. The molecule has 28 heavy (non-hydrogen) atoms. The van der Waals surface area contributed by atoms with Crippen LogP contribution in [0.15, 0.2) is 58.3 Å². The Kier molecular flexibility index (Phi) is 4.25. The van der Waals surface area contributed by atoms with Crippen molar-refractivity contribution >= 4 is 41.7 Å². The summed E-state index contributed by atoms with van der Waals surface area (Å²) >= 11 is 5.18. The summed E-state index contributed by atoms with van der Waals surface area (Å²) in [6.45, 7) is 0. The summed E-state index contributed by atoms with van der Waals surface area (Å²) < 4.78 is 1.26. The van der Waals surface area contributed by atoms with E-state index in [1.807, 2.05) is 24.3 Å². The largest absolute Gasteiger partial charge is 0.494 e. The van der Waals surface area contributed by atoms with Gasteiger partial charge >= 0.3 is 5.97 Å². The number of carbonyl (C=O) groups is 1. The number of hydrogen-bond donors (Lipinski definition) is 3. The maximum atomic E-state index is 12.4. The summed E-state index contributed by atoms with van der Waals surface area (Å²) in [6.07, 6.45) is 3.16. The minimum absolute atomic E-state index is 0.00628. The average molecular weight is 391 g/mol. The summed E-state index contributed by atoms with van der Waals surface area (Å²) in [6, 6.07) is 13.2. The van der Waals surface area contributed by atoms with Crippen LogP contribution in [0.1, 0.15) is 21.5 Å². The van der Waals surface area contributed by atoms with Crippen LogP contribution in [0.2, 0.25) is 0 Å². The van der Waals surface area contributed by atoms with Gasteiger partial charge in [0.25, 0.3) is 5.56 Å². The zero-order chi connectivity index (χ0) is 19.8. The molecule has 138 valence electrons. The highest BCUT2D eigenvalue weighted by Gasteiger charge is 2.17. The zero-order valence-corrected chi connectivity index (χ0v) is 15.1. The van der Waals surface area contributed by atoms with Crippen LogP contribution in [0.25, 0.3) is 17.3 Å². The van der Waals surface area contributed by atoms with Gasteiger partial charge in [-0.05, 0) is 48.6 Å². The lowest BCUT2D eigenvalue weighted by Gasteiger charge is -2.12. The Morgan fingerprint density at radius 2 is 1.86 bits per heavy atom. The molecule has 0 unspecified atom stereocenters. The topological polar surface area (TPSA) is 108 Å². The number of fused-ring (bicyclic) bond motifs is 1. The number of rotatable bonds is 3. The van der Waals surface area contributed by atoms with Crippen molar-refractivity contribution in [2.45, 2.75) is 0 Å². The van der Waals surface area contributed by atoms with Crippen molar-refractivity contribution < 1.29 is 15.0 Å². The summed E-state index contributed by atoms with van der Waals surface area (Å²) in [7, 11) is 0. The lowest BCUT2D eigenvalue weighted by Crippen LogP contribution is -2.16. The number of hydrogen-bond acceptors (Lipinski definition) is 5. The molecular weight excluding hydrogens is 378 g/mol. The van der Waals surface area contributed by atoms with Crippen molar-refractivity contribution in [2.24, 2.45) is 4.99 Å². The standard InChI is InChI=1S/C20H13N3O4S/c24-17-15(9-12-10-21-16-4-2-1-3-14(12)16)18(25)23(20(28)22-17)13-7-5-11(6-8-13)19(26)27/h1-10,25H,(H,26,27)(H,22,24,28)/b12-9-. The van der Waals surface area contributed by atoms with Crippen molar-refractivity contribution in [2.75, 3.05) is 0 Å². The molecule has 3 aromatic rings. The number of aliphatic imine (C=N–C) groups is 1. The zero-order valence-electron chi connectivity index (χ0n) is 14.3. The van der Waals surface area contributed by atoms with Crippen molar-refractivity contribution in [1.29, 1.82) is 0 Å². The van der Waals surface area contributed by atoms with E-state index in [0.29, 0.717) is 11.3 Å². The number of nitrogens with zero attached hydrogens (tertiary/aromatic N) is 2. The van der Waals surface area contributed by atoms with Gasteiger partial charge in [-0.1, -0.05) is 18.2 Å². The lowest BCUT2D eigenvalue weighted by molar-refractivity contribution is 0.0697. The van der Waals surface area contributed by atoms with E-state index in [4.69, 9.17) is 17.3 Å². The number of aromatic hydroxyl groups is 1. The van der Waals surface area contributed by atoms with E-state index in [2.05, 4.69) is 9.98 Å². The summed E-state index contributed by atoms with van der Waals surface area (Å²) in [5.74, 6) is -1.41. The third-order valence-electron chi connectivity index (χ3n) is 4.35. The first kappa shape index (κ1) is 17.6. The molecule has 2 heterocycles. The molecule has 2 aromatic carbocycles. The van der Waals surface area contributed by atoms with E-state index in [1.54, 1.807) is 12.3 Å². The summed E-state index contributed by atoms with van der Waals surface area (Å²) in [5.41, 5.74) is 2.31. The van der Waals surface area contributed by atoms with Crippen molar-refractivity contribution in [1.82, 2.24) is 9.55 Å². The third kappa shape index (κ3) is 2.95. The molecule has 0 bridgehead atoms. The highest BCUT2D eigenvalue weighted by atomic mass is 32.1. The van der Waals surface area contributed by atoms with Crippen LogP contribution in [-0.4, -0.2) is 31.9 Å². The first-order valence-electron chi connectivity index (χ1n) is 8.23. The van der Waals surface area contributed by atoms with E-state index in [1.165, 1.54) is 28.8 Å². The highest BCUT2D eigenvalue weighted by Crippen LogP contribution is 2.33. The Morgan fingerprint density at radius 1 is 1.14 bits per heavy atom. The van der Waals surface area contributed by atoms with Gasteiger partial charge in [-0.2, -0.15) is 0 Å². The molecule has 0 spiro atoms. The number of benzene rings is 2. The third-order valence-corrected chi connectivity index (χ3v) is 4.64. The van der Waals surface area contributed by atoms with E-state index in [0.717, 1.165) is 11.3 Å². The SMILES string of the molecule is O=C(O)c1ccc(-n2c(O)c(/C=C3/C=Nc4ccccc43)c(=O)[nH]c2=S)cc1. The molecule has 1 aliphatic rings. The van der Waals surface area contributed by atoms with Gasteiger partial charge in [0, 0.05) is 17.4 Å². The second-order valence-electron chi connectivity index (χ2n) is 6.06. The molecule has 1 aliphatic heterocycles. The second kappa shape index (κ2) is 6.75. The van der Waals surface area contributed by atoms with Crippen molar-refractivity contribution in [3.8, 4) is 11.6 Å². The van der Waals surface area contributed by atoms with Crippen molar-refractivity contribution in [3.05, 3.63) is 80.3 Å². The van der Waals surface area contributed by atoms with Gasteiger partial charge in [0.1, 0.15) is 5.56 Å². The number of aromatic nitrogens is 2. The monoisotopic (exact) mass is 391 g/mol. The maximum Gasteiger partial charge on any atom is 0.335 e. The van der Waals surface area contributed by atoms with Crippen LogP contribution in [0.3, 0.4) is 0 Å². The molecular formula is C20H13N3O4S. The van der Waals surface area contributed by atoms with Gasteiger partial charge in [-0.3, -0.25) is 19.3 Å². The number of carboxylic acids is 1. The average Bonchev–Trinajstić information content (AvgIpc) is 3.08. The van der Waals surface area contributed by atoms with Crippen LogP contribution in [0.4, 0.5) is 5.69 Å². The smallest absolute Gasteiger partial charge is 0.335 e. The normalized spacial score (nSPS) is 13.6. The quantitative estimate of drug-likeness (QED) is 0.592. The molecule has 0 radical (unpaired) electrons. The van der Waals surface area contributed by atoms with Crippen molar-refractivity contribution in [3.63, 3.8) is 0 Å². The Balaban J connectivity index is 1.87. The molecule has 1 aromatic heterocycles. The van der Waals surface area contributed by atoms with Gasteiger partial charge in [0.05, 0.1) is 16.9 Å². The fourth-order valence-corrected chi connectivity index (χ4v) is 3.26. The van der Waals surface area contributed by atoms with E-state index in [-0.39, 0.29) is 21.8 Å². The van der Waals surface area contributed by atoms with Crippen LogP contribution in [-0.2, 0) is 0 Å². The van der Waals surface area contributed by atoms with Gasteiger partial charge in [-0.25, -0.2) is 4.79 Å². The van der Waals surface area contributed by atoms with E-state index in [9.17, 15) is 14.7 Å². The maximum absolute atomic E-state index is 12.4. The number of allylic oxidation sites excluding steroid dienone is 1. The molecule has 3 N–H and O–H groups in total. The molecule has 4 rings (SSSR count). The number of nitrogens with one attached hydrogen (secondary N) is 1. The summed E-state index contributed by atoms with van der Waals surface area (Å²) in [5, 5.41) is 19.8. The highest BCUT2D eigenvalue weighted by molar-refractivity contribution is 7.71. The Bertz CT molecular complexity index is 1280. The fourth-order valence-electron chi connectivity index (χ4n) is 2.97. The molecule has 0 amide bonds. The summed E-state index contributed by atoms with van der Waals surface area (Å²) in [4.78, 5) is 30.3. The van der Waals surface area contributed by atoms with Crippen LogP contribution >= 0.6 is 12.2 Å². The molecule has 7 nitrogen and oxygen atoms in total. The van der Waals surface area contributed by atoms with Crippen LogP contribution in [0.5, 0.6) is 5.88 Å². The number of aromatic amines is 1. The molecule has 0 aliphatic carbocycles. The second-order valence-corrected chi connectivity index (χ2v) is 6.45. The number of carboxylic acid groups (broad SMARTS) is 1. The van der Waals surface area contributed by atoms with Gasteiger partial charge < -0.3 is 10.2 Å². The number of aromatic carboxylic acids is 1. The predicted octanol–water partition coefficient (Wildman–Crippen LogP) is 3.56. The molecule has 0 saturated carbocycles. The van der Waals surface area contributed by atoms with Crippen LogP contribution < -0.4 is 5.56 Å². The van der Waals surface area contributed by atoms with Gasteiger partial charge in [0.15, 0.2) is 4.77 Å².